The average molecular weight is 345 g/mol. The monoisotopic (exact) mass is 345 g/mol. The number of pyridine rings is 1. The lowest BCUT2D eigenvalue weighted by atomic mass is 10.1. The van der Waals surface area contributed by atoms with Gasteiger partial charge in [-0.15, -0.1) is 0 Å². The van der Waals surface area contributed by atoms with Crippen LogP contribution >= 0.6 is 0 Å². The molecule has 1 aromatic carbocycles. The van der Waals surface area contributed by atoms with Crippen LogP contribution in [0.2, 0.25) is 0 Å². The number of aromatic nitrogens is 1. The van der Waals surface area contributed by atoms with Crippen LogP contribution < -0.4 is 10.6 Å². The SMILES string of the molecule is O=C(NCCNC(=O)C1CC1c1cccnc1)c1c(F)cccc1F. The van der Waals surface area contributed by atoms with Crippen molar-refractivity contribution in [3.63, 3.8) is 0 Å². The lowest BCUT2D eigenvalue weighted by Gasteiger charge is -2.08. The summed E-state index contributed by atoms with van der Waals surface area (Å²) >= 11 is 0. The van der Waals surface area contributed by atoms with Crippen LogP contribution in [0.25, 0.3) is 0 Å². The minimum atomic E-state index is -0.918. The van der Waals surface area contributed by atoms with Gasteiger partial charge in [-0.2, -0.15) is 0 Å². The highest BCUT2D eigenvalue weighted by Gasteiger charge is 2.43. The number of amides is 2. The fourth-order valence-electron chi connectivity index (χ4n) is 2.74. The van der Waals surface area contributed by atoms with E-state index in [0.29, 0.717) is 0 Å². The average Bonchev–Trinajstić information content (AvgIpc) is 3.40. The van der Waals surface area contributed by atoms with E-state index in [0.717, 1.165) is 24.1 Å². The van der Waals surface area contributed by atoms with Gasteiger partial charge < -0.3 is 10.6 Å². The topological polar surface area (TPSA) is 71.1 Å². The van der Waals surface area contributed by atoms with Crippen LogP contribution in [0, 0.1) is 17.6 Å². The second-order valence-corrected chi connectivity index (χ2v) is 5.88. The molecular weight excluding hydrogens is 328 g/mol. The maximum Gasteiger partial charge on any atom is 0.257 e. The third-order valence-corrected chi connectivity index (χ3v) is 4.14. The van der Waals surface area contributed by atoms with Crippen molar-refractivity contribution in [2.24, 2.45) is 5.92 Å². The van der Waals surface area contributed by atoms with Gasteiger partial charge in [0.15, 0.2) is 0 Å². The van der Waals surface area contributed by atoms with Crippen molar-refractivity contribution >= 4 is 11.8 Å². The maximum atomic E-state index is 13.5. The predicted octanol–water partition coefficient (Wildman–Crippen LogP) is 2.01. The smallest absolute Gasteiger partial charge is 0.257 e. The molecule has 2 atom stereocenters. The third kappa shape index (κ3) is 3.99. The lowest BCUT2D eigenvalue weighted by Crippen LogP contribution is -2.36. The van der Waals surface area contributed by atoms with Gasteiger partial charge in [-0.05, 0) is 36.1 Å². The summed E-state index contributed by atoms with van der Waals surface area (Å²) in [5.41, 5.74) is 0.415. The summed E-state index contributed by atoms with van der Waals surface area (Å²) in [5, 5.41) is 5.11. The zero-order valence-corrected chi connectivity index (χ0v) is 13.3. The Morgan fingerprint density at radius 3 is 2.48 bits per heavy atom. The number of carbonyl (C=O) groups excluding carboxylic acids is 2. The Labute approximate surface area is 143 Å². The van der Waals surface area contributed by atoms with Crippen LogP contribution in [0.4, 0.5) is 8.78 Å². The molecule has 0 spiro atoms. The van der Waals surface area contributed by atoms with Crippen LogP contribution in [0.15, 0.2) is 42.7 Å². The molecule has 2 aromatic rings. The van der Waals surface area contributed by atoms with E-state index in [1.807, 2.05) is 12.1 Å². The van der Waals surface area contributed by atoms with Gasteiger partial charge in [0.05, 0.1) is 0 Å². The Morgan fingerprint density at radius 2 is 1.80 bits per heavy atom. The molecule has 0 bridgehead atoms. The summed E-state index contributed by atoms with van der Waals surface area (Å²) in [6.45, 7) is 0.277. The quantitative estimate of drug-likeness (QED) is 0.787. The van der Waals surface area contributed by atoms with Crippen molar-refractivity contribution in [2.45, 2.75) is 12.3 Å². The van der Waals surface area contributed by atoms with Crippen molar-refractivity contribution in [3.8, 4) is 0 Å². The number of hydrogen-bond donors (Lipinski definition) is 2. The molecule has 1 aliphatic carbocycles. The van der Waals surface area contributed by atoms with Crippen molar-refractivity contribution in [2.75, 3.05) is 13.1 Å². The number of hydrogen-bond acceptors (Lipinski definition) is 3. The van der Waals surface area contributed by atoms with Gasteiger partial charge in [0, 0.05) is 31.4 Å². The largest absolute Gasteiger partial charge is 0.354 e. The molecular formula is C18H17F2N3O2. The minimum Gasteiger partial charge on any atom is -0.354 e. The fraction of sp³-hybridized carbons (Fsp3) is 0.278. The minimum absolute atomic E-state index is 0.0859. The van der Waals surface area contributed by atoms with Crippen molar-refractivity contribution in [1.29, 1.82) is 0 Å². The van der Waals surface area contributed by atoms with Crippen LogP contribution in [-0.4, -0.2) is 29.9 Å². The van der Waals surface area contributed by atoms with Crippen molar-refractivity contribution in [1.82, 2.24) is 15.6 Å². The maximum absolute atomic E-state index is 13.5. The Kier molecular flexibility index (Phi) is 5.02. The van der Waals surface area contributed by atoms with Gasteiger partial charge >= 0.3 is 0 Å². The first kappa shape index (κ1) is 17.0. The Hall–Kier alpha value is -2.83. The first-order valence-corrected chi connectivity index (χ1v) is 7.97. The van der Waals surface area contributed by atoms with Crippen LogP contribution in [0.5, 0.6) is 0 Å². The number of rotatable bonds is 6. The number of nitrogens with one attached hydrogen (secondary N) is 2. The summed E-state index contributed by atoms with van der Waals surface area (Å²) in [4.78, 5) is 27.9. The molecule has 0 saturated heterocycles. The molecule has 3 rings (SSSR count). The second kappa shape index (κ2) is 7.38. The molecule has 1 aliphatic rings. The molecule has 25 heavy (non-hydrogen) atoms. The van der Waals surface area contributed by atoms with Gasteiger partial charge in [0.1, 0.15) is 17.2 Å². The summed E-state index contributed by atoms with van der Waals surface area (Å²) in [6.07, 6.45) is 4.20. The third-order valence-electron chi connectivity index (χ3n) is 4.14. The van der Waals surface area contributed by atoms with Crippen LogP contribution in [-0.2, 0) is 4.79 Å². The Bertz CT molecular complexity index is 763. The van der Waals surface area contributed by atoms with Gasteiger partial charge in [0.25, 0.3) is 5.91 Å². The van der Waals surface area contributed by atoms with Crippen LogP contribution in [0.1, 0.15) is 28.3 Å². The molecule has 0 aliphatic heterocycles. The molecule has 1 fully saturated rings. The fourth-order valence-corrected chi connectivity index (χ4v) is 2.74. The second-order valence-electron chi connectivity index (χ2n) is 5.88. The molecule has 0 radical (unpaired) electrons. The first-order chi connectivity index (χ1) is 12.1. The van der Waals surface area contributed by atoms with E-state index in [-0.39, 0.29) is 30.8 Å². The zero-order chi connectivity index (χ0) is 17.8. The number of carbonyl (C=O) groups is 2. The van der Waals surface area contributed by atoms with E-state index in [1.165, 1.54) is 6.07 Å². The van der Waals surface area contributed by atoms with E-state index in [4.69, 9.17) is 0 Å². The van der Waals surface area contributed by atoms with Crippen molar-refractivity contribution in [3.05, 3.63) is 65.5 Å². The number of benzene rings is 1. The molecule has 1 saturated carbocycles. The molecule has 130 valence electrons. The van der Waals surface area contributed by atoms with Crippen LogP contribution in [0.3, 0.4) is 0 Å². The zero-order valence-electron chi connectivity index (χ0n) is 13.3. The molecule has 1 heterocycles. The summed E-state index contributed by atoms with van der Waals surface area (Å²) in [6, 6.07) is 7.00. The molecule has 2 N–H and O–H groups in total. The summed E-state index contributed by atoms with van der Waals surface area (Å²) in [7, 11) is 0. The first-order valence-electron chi connectivity index (χ1n) is 7.97. The Morgan fingerprint density at radius 1 is 1.08 bits per heavy atom. The molecule has 2 amide bonds. The molecule has 1 aromatic heterocycles. The van der Waals surface area contributed by atoms with E-state index >= 15 is 0 Å². The number of halogens is 2. The Balaban J connectivity index is 1.42. The summed E-state index contributed by atoms with van der Waals surface area (Å²) < 4.78 is 27.0. The van der Waals surface area contributed by atoms with Gasteiger partial charge in [-0.3, -0.25) is 14.6 Å². The predicted molar refractivity (Wildman–Crippen MR) is 86.8 cm³/mol. The normalized spacial score (nSPS) is 18.5. The lowest BCUT2D eigenvalue weighted by molar-refractivity contribution is -0.122. The highest BCUT2D eigenvalue weighted by atomic mass is 19.1. The van der Waals surface area contributed by atoms with Gasteiger partial charge in [-0.1, -0.05) is 12.1 Å². The van der Waals surface area contributed by atoms with Gasteiger partial charge in [-0.25, -0.2) is 8.78 Å². The van der Waals surface area contributed by atoms with E-state index < -0.39 is 23.1 Å². The van der Waals surface area contributed by atoms with E-state index in [1.54, 1.807) is 12.4 Å². The van der Waals surface area contributed by atoms with E-state index in [9.17, 15) is 18.4 Å². The van der Waals surface area contributed by atoms with E-state index in [2.05, 4.69) is 15.6 Å². The molecule has 5 nitrogen and oxygen atoms in total. The highest BCUT2D eigenvalue weighted by molar-refractivity contribution is 5.94. The van der Waals surface area contributed by atoms with Gasteiger partial charge in [0.2, 0.25) is 5.91 Å². The highest BCUT2D eigenvalue weighted by Crippen LogP contribution is 2.47. The molecule has 2 unspecified atom stereocenters. The standard InChI is InChI=1S/C18H17F2N3O2/c19-14-4-1-5-15(20)16(14)18(25)23-8-7-22-17(24)13-9-12(13)11-3-2-6-21-10-11/h1-6,10,12-13H,7-9H2,(H,22,24)(H,23,25). The van der Waals surface area contributed by atoms with Crippen molar-refractivity contribution < 1.29 is 18.4 Å². The summed E-state index contributed by atoms with van der Waals surface area (Å²) in [5.74, 6) is -2.69. The number of nitrogens with zero attached hydrogens (tertiary/aromatic N) is 1. The molecule has 7 heteroatoms.